The highest BCUT2D eigenvalue weighted by Gasteiger charge is 2.06. The molecule has 0 aliphatic rings. The third-order valence-corrected chi connectivity index (χ3v) is 4.03. The summed E-state index contributed by atoms with van der Waals surface area (Å²) in [5.74, 6) is 0. The molecule has 0 aliphatic carbocycles. The van der Waals surface area contributed by atoms with Gasteiger partial charge in [-0.3, -0.25) is 0 Å². The smallest absolute Gasteiger partial charge is 0.117 e. The topological polar surface area (TPSA) is 64.7 Å². The van der Waals surface area contributed by atoms with Crippen molar-refractivity contribution >= 4 is 22.7 Å². The van der Waals surface area contributed by atoms with E-state index in [-0.39, 0.29) is 6.04 Å². The Balaban J connectivity index is 1.85. The van der Waals surface area contributed by atoms with Crippen LogP contribution in [0.2, 0.25) is 0 Å². The first kappa shape index (κ1) is 14.0. The molecule has 0 saturated heterocycles. The van der Waals surface area contributed by atoms with Crippen LogP contribution in [0, 0.1) is 0 Å². The largest absolute Gasteiger partial charge is 0.328 e. The van der Waals surface area contributed by atoms with Crippen molar-refractivity contribution in [3.05, 3.63) is 54.5 Å². The standard InChI is InChI=1S/C16H16N4S/c1-11(17)8-12-6-7-15(18-9-12)21-16-13-4-2-3-5-14(13)19-10-20-16/h2-7,9-11H,8,17H2,1H3. The van der Waals surface area contributed by atoms with Crippen LogP contribution in [-0.4, -0.2) is 21.0 Å². The Morgan fingerprint density at radius 1 is 1.10 bits per heavy atom. The van der Waals surface area contributed by atoms with Gasteiger partial charge in [0.1, 0.15) is 16.4 Å². The summed E-state index contributed by atoms with van der Waals surface area (Å²) in [7, 11) is 0. The van der Waals surface area contributed by atoms with E-state index < -0.39 is 0 Å². The molecule has 0 radical (unpaired) electrons. The van der Waals surface area contributed by atoms with Gasteiger partial charge in [-0.05, 0) is 42.8 Å². The van der Waals surface area contributed by atoms with E-state index in [0.29, 0.717) is 0 Å². The average molecular weight is 296 g/mol. The van der Waals surface area contributed by atoms with E-state index in [4.69, 9.17) is 5.73 Å². The van der Waals surface area contributed by atoms with Gasteiger partial charge < -0.3 is 5.73 Å². The van der Waals surface area contributed by atoms with E-state index in [1.54, 1.807) is 18.1 Å². The maximum Gasteiger partial charge on any atom is 0.117 e. The lowest BCUT2D eigenvalue weighted by atomic mass is 10.1. The Morgan fingerprint density at radius 3 is 2.71 bits per heavy atom. The van der Waals surface area contributed by atoms with E-state index in [1.807, 2.05) is 43.5 Å². The third kappa shape index (κ3) is 3.37. The maximum atomic E-state index is 5.80. The number of nitrogens with zero attached hydrogens (tertiary/aromatic N) is 3. The Bertz CT molecular complexity index is 735. The summed E-state index contributed by atoms with van der Waals surface area (Å²) < 4.78 is 0. The number of para-hydroxylation sites is 1. The lowest BCUT2D eigenvalue weighted by Crippen LogP contribution is -2.17. The molecule has 106 valence electrons. The first-order valence-corrected chi connectivity index (χ1v) is 7.62. The molecule has 5 heteroatoms. The van der Waals surface area contributed by atoms with Gasteiger partial charge in [-0.1, -0.05) is 24.3 Å². The van der Waals surface area contributed by atoms with Crippen LogP contribution >= 0.6 is 11.8 Å². The minimum atomic E-state index is 0.149. The summed E-state index contributed by atoms with van der Waals surface area (Å²) in [5, 5.41) is 2.90. The number of fused-ring (bicyclic) bond motifs is 1. The molecule has 0 bridgehead atoms. The molecule has 1 atom stereocenters. The van der Waals surface area contributed by atoms with Crippen LogP contribution in [0.3, 0.4) is 0 Å². The molecular formula is C16H16N4S. The molecule has 1 aromatic carbocycles. The Morgan fingerprint density at radius 2 is 1.95 bits per heavy atom. The SMILES string of the molecule is CC(N)Cc1ccc(Sc2ncnc3ccccc23)nc1. The minimum absolute atomic E-state index is 0.149. The summed E-state index contributed by atoms with van der Waals surface area (Å²) in [4.78, 5) is 13.1. The van der Waals surface area contributed by atoms with Crippen LogP contribution in [0.25, 0.3) is 10.9 Å². The molecule has 4 nitrogen and oxygen atoms in total. The minimum Gasteiger partial charge on any atom is -0.328 e. The Hall–Kier alpha value is -1.98. The molecule has 2 heterocycles. The van der Waals surface area contributed by atoms with Crippen molar-refractivity contribution in [2.24, 2.45) is 5.73 Å². The molecule has 2 aromatic heterocycles. The van der Waals surface area contributed by atoms with E-state index in [2.05, 4.69) is 21.0 Å². The van der Waals surface area contributed by atoms with Gasteiger partial charge in [0, 0.05) is 17.6 Å². The van der Waals surface area contributed by atoms with E-state index >= 15 is 0 Å². The molecule has 2 N–H and O–H groups in total. The number of aromatic nitrogens is 3. The lowest BCUT2D eigenvalue weighted by Gasteiger charge is -2.06. The van der Waals surface area contributed by atoms with Gasteiger partial charge in [0.2, 0.25) is 0 Å². The number of hydrogen-bond acceptors (Lipinski definition) is 5. The third-order valence-electron chi connectivity index (χ3n) is 3.06. The maximum absolute atomic E-state index is 5.80. The van der Waals surface area contributed by atoms with E-state index in [1.165, 1.54) is 0 Å². The molecule has 0 spiro atoms. The second kappa shape index (κ2) is 6.20. The van der Waals surface area contributed by atoms with Crippen molar-refractivity contribution in [3.63, 3.8) is 0 Å². The first-order chi connectivity index (χ1) is 10.2. The van der Waals surface area contributed by atoms with Crippen LogP contribution in [0.4, 0.5) is 0 Å². The molecule has 3 aromatic rings. The van der Waals surface area contributed by atoms with Gasteiger partial charge in [0.25, 0.3) is 0 Å². The summed E-state index contributed by atoms with van der Waals surface area (Å²) in [6, 6.07) is 12.2. The van der Waals surface area contributed by atoms with Gasteiger partial charge in [-0.2, -0.15) is 0 Å². The van der Waals surface area contributed by atoms with Gasteiger partial charge >= 0.3 is 0 Å². The normalized spacial score (nSPS) is 12.5. The zero-order chi connectivity index (χ0) is 14.7. The Labute approximate surface area is 127 Å². The van der Waals surface area contributed by atoms with Crippen LogP contribution in [0.5, 0.6) is 0 Å². The van der Waals surface area contributed by atoms with Gasteiger partial charge in [-0.15, -0.1) is 0 Å². The van der Waals surface area contributed by atoms with Crippen molar-refractivity contribution in [3.8, 4) is 0 Å². The summed E-state index contributed by atoms with van der Waals surface area (Å²) >= 11 is 1.55. The number of hydrogen-bond donors (Lipinski definition) is 1. The van der Waals surface area contributed by atoms with Crippen LogP contribution in [0.1, 0.15) is 12.5 Å². The fraction of sp³-hybridized carbons (Fsp3) is 0.188. The highest BCUT2D eigenvalue weighted by molar-refractivity contribution is 7.99. The molecule has 0 saturated carbocycles. The van der Waals surface area contributed by atoms with Crippen molar-refractivity contribution in [2.75, 3.05) is 0 Å². The Kier molecular flexibility index (Phi) is 4.13. The van der Waals surface area contributed by atoms with Crippen LogP contribution in [0.15, 0.2) is 59.0 Å². The fourth-order valence-corrected chi connectivity index (χ4v) is 2.95. The zero-order valence-electron chi connectivity index (χ0n) is 11.7. The number of benzene rings is 1. The lowest BCUT2D eigenvalue weighted by molar-refractivity contribution is 0.734. The van der Waals surface area contributed by atoms with E-state index in [9.17, 15) is 0 Å². The molecule has 0 fully saturated rings. The van der Waals surface area contributed by atoms with Crippen molar-refractivity contribution < 1.29 is 0 Å². The predicted molar refractivity (Wildman–Crippen MR) is 85.3 cm³/mol. The van der Waals surface area contributed by atoms with Crippen molar-refractivity contribution in [1.29, 1.82) is 0 Å². The molecule has 1 unspecified atom stereocenters. The highest BCUT2D eigenvalue weighted by Crippen LogP contribution is 2.29. The molecule has 3 rings (SSSR count). The first-order valence-electron chi connectivity index (χ1n) is 6.80. The zero-order valence-corrected chi connectivity index (χ0v) is 12.5. The average Bonchev–Trinajstić information content (AvgIpc) is 2.49. The number of rotatable bonds is 4. The summed E-state index contributed by atoms with van der Waals surface area (Å²) in [6.07, 6.45) is 4.32. The second-order valence-electron chi connectivity index (χ2n) is 4.98. The number of nitrogens with two attached hydrogens (primary N) is 1. The van der Waals surface area contributed by atoms with Gasteiger partial charge in [-0.25, -0.2) is 15.0 Å². The van der Waals surface area contributed by atoms with Crippen molar-refractivity contribution in [2.45, 2.75) is 29.4 Å². The van der Waals surface area contributed by atoms with E-state index in [0.717, 1.165) is 32.9 Å². The van der Waals surface area contributed by atoms with Crippen LogP contribution in [-0.2, 0) is 6.42 Å². The molecule has 0 aliphatic heterocycles. The molecule has 21 heavy (non-hydrogen) atoms. The molecular weight excluding hydrogens is 280 g/mol. The van der Waals surface area contributed by atoms with Gasteiger partial charge in [0.15, 0.2) is 0 Å². The van der Waals surface area contributed by atoms with Crippen LogP contribution < -0.4 is 5.73 Å². The second-order valence-corrected chi connectivity index (χ2v) is 5.99. The quantitative estimate of drug-likeness (QED) is 0.750. The summed E-state index contributed by atoms with van der Waals surface area (Å²) in [5.41, 5.74) is 7.90. The fourth-order valence-electron chi connectivity index (χ4n) is 2.12. The summed E-state index contributed by atoms with van der Waals surface area (Å²) in [6.45, 7) is 2.00. The molecule has 0 amide bonds. The predicted octanol–water partition coefficient (Wildman–Crippen LogP) is 3.07. The van der Waals surface area contributed by atoms with Crippen molar-refractivity contribution in [1.82, 2.24) is 15.0 Å². The number of pyridine rings is 1. The highest BCUT2D eigenvalue weighted by atomic mass is 32.2. The monoisotopic (exact) mass is 296 g/mol. The van der Waals surface area contributed by atoms with Gasteiger partial charge in [0.05, 0.1) is 5.52 Å².